The van der Waals surface area contributed by atoms with Gasteiger partial charge in [-0.05, 0) is 85.8 Å². The number of aryl methyl sites for hydroxylation is 3. The van der Waals surface area contributed by atoms with E-state index in [4.69, 9.17) is 14.6 Å². The third kappa shape index (κ3) is 5.83. The summed E-state index contributed by atoms with van der Waals surface area (Å²) >= 11 is 0. The molecule has 0 aliphatic heterocycles. The number of fused-ring (bicyclic) bond motifs is 1. The Hall–Kier alpha value is -3.64. The fourth-order valence-corrected chi connectivity index (χ4v) is 4.07. The molecule has 6 heteroatoms. The smallest absolute Gasteiger partial charge is 0.306 e. The van der Waals surface area contributed by atoms with Crippen molar-refractivity contribution in [3.8, 4) is 11.4 Å². The highest BCUT2D eigenvalue weighted by Crippen LogP contribution is 2.28. The summed E-state index contributed by atoms with van der Waals surface area (Å²) in [4.78, 5) is 16.3. The third-order valence-electron chi connectivity index (χ3n) is 5.73. The molecule has 0 saturated carbocycles. The fourth-order valence-electron chi connectivity index (χ4n) is 4.07. The first-order valence-electron chi connectivity index (χ1n) is 11.7. The zero-order chi connectivity index (χ0) is 23.8. The van der Waals surface area contributed by atoms with Crippen molar-refractivity contribution >= 4 is 16.9 Å². The first-order valence-corrected chi connectivity index (χ1v) is 11.7. The molecule has 4 aromatic rings. The molecule has 0 aliphatic rings. The Morgan fingerprint density at radius 1 is 1.03 bits per heavy atom. The Labute approximate surface area is 199 Å². The minimum absolute atomic E-state index is 0.0118. The Kier molecular flexibility index (Phi) is 7.94. The highest BCUT2D eigenvalue weighted by molar-refractivity contribution is 5.86. The average Bonchev–Trinajstić information content (AvgIpc) is 3.24. The third-order valence-corrected chi connectivity index (χ3v) is 5.73. The van der Waals surface area contributed by atoms with Crippen molar-refractivity contribution in [2.45, 2.75) is 32.6 Å². The van der Waals surface area contributed by atoms with E-state index in [1.807, 2.05) is 49.5 Å². The van der Waals surface area contributed by atoms with Gasteiger partial charge >= 0.3 is 5.97 Å². The monoisotopic (exact) mass is 458 g/mol. The van der Waals surface area contributed by atoms with Gasteiger partial charge in [0.2, 0.25) is 0 Å². The molecule has 0 saturated heterocycles. The second kappa shape index (κ2) is 11.5. The van der Waals surface area contributed by atoms with E-state index in [1.54, 1.807) is 0 Å². The molecule has 0 atom stereocenters. The lowest BCUT2D eigenvalue weighted by molar-refractivity contribution is -0.143. The van der Waals surface area contributed by atoms with Gasteiger partial charge in [-0.2, -0.15) is 0 Å². The van der Waals surface area contributed by atoms with E-state index in [2.05, 4.69) is 40.0 Å². The molecule has 2 aromatic heterocycles. The van der Waals surface area contributed by atoms with Crippen molar-refractivity contribution in [3.05, 3.63) is 89.9 Å². The summed E-state index contributed by atoms with van der Waals surface area (Å²) in [5.41, 5.74) is 5.56. The van der Waals surface area contributed by atoms with Crippen LogP contribution in [-0.4, -0.2) is 40.4 Å². The van der Waals surface area contributed by atoms with E-state index >= 15 is 0 Å². The number of aromatic nitrogens is 2. The van der Waals surface area contributed by atoms with Crippen molar-refractivity contribution in [1.82, 2.24) is 9.55 Å². The van der Waals surface area contributed by atoms with Crippen LogP contribution in [0.15, 0.2) is 73.1 Å². The molecule has 0 bridgehead atoms. The summed E-state index contributed by atoms with van der Waals surface area (Å²) < 4.78 is 12.8. The molecule has 0 amide bonds. The molecule has 0 unspecified atom stereocenters. The average molecular weight is 459 g/mol. The van der Waals surface area contributed by atoms with Gasteiger partial charge in [0.15, 0.2) is 0 Å². The maximum absolute atomic E-state index is 11.8. The molecule has 0 aliphatic carbocycles. The number of ether oxygens (including phenoxy) is 2. The minimum atomic E-state index is -0.168. The standard InChI is InChI=1S/C28H30N2O4/c1-2-33-28(32)15-7-21-6-14-27-26(19-21)22(8-9-23-5-3-4-16-29-23)20-30(27)24-10-12-25(13-11-24)34-18-17-31/h3-6,10-14,16,19-20,31H,2,7-9,15,17-18H2,1H3. The SMILES string of the molecule is CCOC(=O)CCc1ccc2c(c1)c(CCc1ccccn1)cn2-c1ccc(OCCO)cc1. The lowest BCUT2D eigenvalue weighted by Crippen LogP contribution is -2.05. The molecule has 0 spiro atoms. The Bertz CT molecular complexity index is 1220. The molecule has 2 heterocycles. The summed E-state index contributed by atoms with van der Waals surface area (Å²) in [6, 6.07) is 20.3. The number of carbonyl (C=O) groups excluding carboxylic acids is 1. The maximum atomic E-state index is 11.8. The first kappa shape index (κ1) is 23.5. The Morgan fingerprint density at radius 2 is 1.88 bits per heavy atom. The van der Waals surface area contributed by atoms with Gasteiger partial charge < -0.3 is 19.1 Å². The van der Waals surface area contributed by atoms with Gasteiger partial charge in [0, 0.05) is 35.6 Å². The molecular weight excluding hydrogens is 428 g/mol. The molecule has 4 rings (SSSR count). The second-order valence-electron chi connectivity index (χ2n) is 8.07. The number of nitrogens with zero attached hydrogens (tertiary/aromatic N) is 2. The molecule has 1 N–H and O–H groups in total. The molecular formula is C28H30N2O4. The number of aliphatic hydroxyl groups excluding tert-OH is 1. The number of pyridine rings is 1. The van der Waals surface area contributed by atoms with Crippen molar-refractivity contribution in [3.63, 3.8) is 0 Å². The largest absolute Gasteiger partial charge is 0.491 e. The number of benzene rings is 2. The molecule has 0 fully saturated rings. The fraction of sp³-hybridized carbons (Fsp3) is 0.286. The topological polar surface area (TPSA) is 73.6 Å². The van der Waals surface area contributed by atoms with Crippen LogP contribution in [0.4, 0.5) is 0 Å². The van der Waals surface area contributed by atoms with Gasteiger partial charge in [0.25, 0.3) is 0 Å². The van der Waals surface area contributed by atoms with E-state index in [-0.39, 0.29) is 19.2 Å². The zero-order valence-corrected chi connectivity index (χ0v) is 19.4. The quantitative estimate of drug-likeness (QED) is 0.331. The molecule has 0 radical (unpaired) electrons. The Balaban J connectivity index is 1.64. The van der Waals surface area contributed by atoms with E-state index in [0.717, 1.165) is 41.1 Å². The summed E-state index contributed by atoms with van der Waals surface area (Å²) in [5, 5.41) is 10.2. The number of aliphatic hydroxyl groups is 1. The predicted molar refractivity (Wildman–Crippen MR) is 132 cm³/mol. The summed E-state index contributed by atoms with van der Waals surface area (Å²) in [6.45, 7) is 2.49. The summed E-state index contributed by atoms with van der Waals surface area (Å²) in [6.07, 6.45) is 6.74. The van der Waals surface area contributed by atoms with E-state index in [0.29, 0.717) is 19.4 Å². The second-order valence-corrected chi connectivity index (χ2v) is 8.07. The lowest BCUT2D eigenvalue weighted by atomic mass is 10.0. The highest BCUT2D eigenvalue weighted by Gasteiger charge is 2.13. The van der Waals surface area contributed by atoms with E-state index in [1.165, 1.54) is 10.9 Å². The van der Waals surface area contributed by atoms with Crippen molar-refractivity contribution in [1.29, 1.82) is 0 Å². The van der Waals surface area contributed by atoms with Gasteiger partial charge in [-0.25, -0.2) is 0 Å². The van der Waals surface area contributed by atoms with Crippen LogP contribution in [0.2, 0.25) is 0 Å². The van der Waals surface area contributed by atoms with Crippen molar-refractivity contribution in [2.24, 2.45) is 0 Å². The van der Waals surface area contributed by atoms with Crippen molar-refractivity contribution < 1.29 is 19.4 Å². The van der Waals surface area contributed by atoms with Crippen LogP contribution < -0.4 is 4.74 Å². The van der Waals surface area contributed by atoms with E-state index in [9.17, 15) is 4.79 Å². The predicted octanol–water partition coefficient (Wildman–Crippen LogP) is 4.68. The van der Waals surface area contributed by atoms with Crippen LogP contribution in [0.1, 0.15) is 30.2 Å². The van der Waals surface area contributed by atoms with Gasteiger partial charge in [0.05, 0.1) is 18.7 Å². The minimum Gasteiger partial charge on any atom is -0.491 e. The van der Waals surface area contributed by atoms with Crippen LogP contribution in [0, 0.1) is 0 Å². The lowest BCUT2D eigenvalue weighted by Gasteiger charge is -2.09. The number of esters is 1. The van der Waals surface area contributed by atoms with Crippen LogP contribution in [0.3, 0.4) is 0 Å². The molecule has 6 nitrogen and oxygen atoms in total. The summed E-state index contributed by atoms with van der Waals surface area (Å²) in [5.74, 6) is 0.560. The molecule has 34 heavy (non-hydrogen) atoms. The number of carbonyl (C=O) groups is 1. The van der Waals surface area contributed by atoms with Gasteiger partial charge in [-0.3, -0.25) is 9.78 Å². The Morgan fingerprint density at radius 3 is 2.62 bits per heavy atom. The van der Waals surface area contributed by atoms with E-state index < -0.39 is 0 Å². The van der Waals surface area contributed by atoms with Gasteiger partial charge in [-0.15, -0.1) is 0 Å². The number of hydrogen-bond donors (Lipinski definition) is 1. The molecule has 176 valence electrons. The summed E-state index contributed by atoms with van der Waals surface area (Å²) in [7, 11) is 0. The highest BCUT2D eigenvalue weighted by atomic mass is 16.5. The van der Waals surface area contributed by atoms with Crippen LogP contribution in [-0.2, 0) is 28.8 Å². The van der Waals surface area contributed by atoms with Gasteiger partial charge in [0.1, 0.15) is 12.4 Å². The number of hydrogen-bond acceptors (Lipinski definition) is 5. The number of rotatable bonds is 11. The maximum Gasteiger partial charge on any atom is 0.306 e. The van der Waals surface area contributed by atoms with Crippen LogP contribution in [0.5, 0.6) is 5.75 Å². The first-order chi connectivity index (χ1) is 16.7. The zero-order valence-electron chi connectivity index (χ0n) is 19.4. The van der Waals surface area contributed by atoms with Gasteiger partial charge in [-0.1, -0.05) is 12.1 Å². The normalized spacial score (nSPS) is 11.0. The van der Waals surface area contributed by atoms with Crippen LogP contribution in [0.25, 0.3) is 16.6 Å². The molecule has 2 aromatic carbocycles. The van der Waals surface area contributed by atoms with Crippen molar-refractivity contribution in [2.75, 3.05) is 19.8 Å². The van der Waals surface area contributed by atoms with Crippen LogP contribution >= 0.6 is 0 Å².